The van der Waals surface area contributed by atoms with Gasteiger partial charge in [-0.3, -0.25) is 14.3 Å². The number of aromatic nitrogens is 4. The molecule has 366 valence electrons. The number of hydrogen-bond acceptors (Lipinski definition) is 11. The maximum atomic E-state index is 14.2. The van der Waals surface area contributed by atoms with Crippen LogP contribution in [0, 0.1) is 18.2 Å². The largest absolute Gasteiger partial charge is 0.482 e. The van der Waals surface area contributed by atoms with Crippen molar-refractivity contribution in [3.05, 3.63) is 99.2 Å². The number of aryl methyl sites for hydroxylation is 1. The first-order valence-corrected chi connectivity index (χ1v) is 25.5. The number of rotatable bonds is 20. The van der Waals surface area contributed by atoms with Gasteiger partial charge in [0.1, 0.15) is 18.0 Å². The van der Waals surface area contributed by atoms with Crippen molar-refractivity contribution >= 4 is 52.2 Å². The lowest BCUT2D eigenvalue weighted by Crippen LogP contribution is -2.56. The topological polar surface area (TPSA) is 164 Å². The summed E-state index contributed by atoms with van der Waals surface area (Å²) in [6.07, 6.45) is 13.1. The molecule has 2 amide bonds. The molecule has 68 heavy (non-hydrogen) atoms. The SMILES string of the molecule is Cc1ncsc1-c1ccc(CNC(=O)[C@@H]2C[C@@H](O)CN2C(=O)[C@@H](NCCCCCCCCN2CCC(n3cc(-c4cnc(N)c(O[C@H](C)c5c(Cl)ccc(F)c5Cl)c4)cn3)CC2)C(C)(C)C)cc1. The zero-order chi connectivity index (χ0) is 48.5. The molecule has 5 aromatic rings. The minimum absolute atomic E-state index is 0.0860. The van der Waals surface area contributed by atoms with Crippen LogP contribution in [0.25, 0.3) is 21.6 Å². The van der Waals surface area contributed by atoms with Crippen molar-refractivity contribution in [3.63, 3.8) is 0 Å². The first-order valence-electron chi connectivity index (χ1n) is 23.9. The average Bonchev–Trinajstić information content (AvgIpc) is 4.08. The minimum atomic E-state index is -0.744. The molecule has 2 aliphatic rings. The Morgan fingerprint density at radius 3 is 2.41 bits per heavy atom. The van der Waals surface area contributed by atoms with Gasteiger partial charge in [0.05, 0.1) is 45.5 Å². The average molecular weight is 991 g/mol. The molecule has 2 saturated heterocycles. The summed E-state index contributed by atoms with van der Waals surface area (Å²) in [5.74, 6) is -0.411. The van der Waals surface area contributed by atoms with E-state index in [0.29, 0.717) is 35.5 Å². The second-order valence-electron chi connectivity index (χ2n) is 19.4. The van der Waals surface area contributed by atoms with E-state index >= 15 is 0 Å². The van der Waals surface area contributed by atoms with Crippen LogP contribution in [0.2, 0.25) is 10.0 Å². The summed E-state index contributed by atoms with van der Waals surface area (Å²) in [6, 6.07) is 11.7. The van der Waals surface area contributed by atoms with Crippen LogP contribution in [-0.2, 0) is 16.1 Å². The number of nitrogens with zero attached hydrogens (tertiary/aromatic N) is 6. The second kappa shape index (κ2) is 23.3. The summed E-state index contributed by atoms with van der Waals surface area (Å²) >= 11 is 14.2. The Bertz CT molecular complexity index is 2470. The third-order valence-corrected chi connectivity index (χ3v) is 14.9. The molecule has 13 nitrogen and oxygen atoms in total. The Labute approximate surface area is 414 Å². The lowest BCUT2D eigenvalue weighted by atomic mass is 9.85. The van der Waals surface area contributed by atoms with Crippen molar-refractivity contribution in [3.8, 4) is 27.3 Å². The van der Waals surface area contributed by atoms with E-state index in [2.05, 4.69) is 25.5 Å². The lowest BCUT2D eigenvalue weighted by molar-refractivity contribution is -0.142. The Hall–Kier alpha value is -4.64. The molecule has 0 saturated carbocycles. The van der Waals surface area contributed by atoms with E-state index < -0.39 is 30.1 Å². The van der Waals surface area contributed by atoms with Crippen molar-refractivity contribution in [1.29, 1.82) is 0 Å². The van der Waals surface area contributed by atoms with Gasteiger partial charge in [-0.2, -0.15) is 5.10 Å². The van der Waals surface area contributed by atoms with Gasteiger partial charge in [0.2, 0.25) is 11.8 Å². The smallest absolute Gasteiger partial charge is 0.243 e. The number of carbonyl (C=O) groups is 2. The molecule has 5 N–H and O–H groups in total. The molecule has 5 heterocycles. The number of aliphatic hydroxyl groups is 1. The summed E-state index contributed by atoms with van der Waals surface area (Å²) in [4.78, 5) is 41.5. The molecule has 0 aliphatic carbocycles. The van der Waals surface area contributed by atoms with Gasteiger partial charge < -0.3 is 36.0 Å². The predicted molar refractivity (Wildman–Crippen MR) is 269 cm³/mol. The van der Waals surface area contributed by atoms with Crippen LogP contribution in [-0.4, -0.2) is 97.4 Å². The fourth-order valence-electron chi connectivity index (χ4n) is 9.28. The zero-order valence-electron chi connectivity index (χ0n) is 39.8. The molecule has 7 rings (SSSR count). The maximum absolute atomic E-state index is 14.2. The van der Waals surface area contributed by atoms with Crippen molar-refractivity contribution in [2.75, 3.05) is 38.5 Å². The molecule has 0 radical (unpaired) electrons. The number of benzene rings is 2. The lowest BCUT2D eigenvalue weighted by Gasteiger charge is -2.35. The van der Waals surface area contributed by atoms with Gasteiger partial charge in [0, 0.05) is 66.7 Å². The van der Waals surface area contributed by atoms with E-state index in [-0.39, 0.29) is 41.0 Å². The standard InChI is InChI=1S/C51H66Cl2FN9O4S/c1-32-46(68-31-59-32)35-14-12-34(13-15-35)26-58-49(65)42-25-39(64)30-62(42)50(66)47(51(3,4)5)56-20-10-8-6-7-9-11-21-61-22-18-38(19-23-61)63-29-37(28-60-63)36-24-43(48(55)57-27-36)67-33(2)44-40(52)16-17-41(54)45(44)53/h12-17,24,27-29,31,33,38-39,42,47,56,64H,6-11,18-23,25-26,30H2,1-5H3,(H2,55,57)(H,58,65)/t33-,39-,42+,47-/m1/s1. The highest BCUT2D eigenvalue weighted by Crippen LogP contribution is 2.37. The first-order chi connectivity index (χ1) is 32.6. The third kappa shape index (κ3) is 13.0. The van der Waals surface area contributed by atoms with E-state index in [1.54, 1.807) is 29.4 Å². The summed E-state index contributed by atoms with van der Waals surface area (Å²) in [5.41, 5.74) is 12.7. The number of β-amino-alcohol motifs (C(OH)–C–C–N with tert-alkyl or cyclic N) is 1. The number of halogens is 3. The van der Waals surface area contributed by atoms with Crippen LogP contribution >= 0.6 is 34.5 Å². The molecular weight excluding hydrogens is 925 g/mol. The molecule has 0 spiro atoms. The zero-order valence-corrected chi connectivity index (χ0v) is 42.1. The number of aliphatic hydroxyl groups excluding tert-OH is 1. The number of amides is 2. The Morgan fingerprint density at radius 1 is 0.985 bits per heavy atom. The van der Waals surface area contributed by atoms with E-state index in [1.165, 1.54) is 25.0 Å². The monoisotopic (exact) mass is 989 g/mol. The van der Waals surface area contributed by atoms with Crippen LogP contribution in [0.5, 0.6) is 5.75 Å². The number of anilines is 1. The molecule has 2 fully saturated rings. The number of hydrogen-bond donors (Lipinski definition) is 4. The van der Waals surface area contributed by atoms with Crippen LogP contribution in [0.3, 0.4) is 0 Å². The molecule has 0 bridgehead atoms. The number of piperidine rings is 1. The number of thiazole rings is 1. The van der Waals surface area contributed by atoms with Crippen LogP contribution < -0.4 is 21.1 Å². The first kappa shape index (κ1) is 51.2. The molecule has 2 aliphatic heterocycles. The van der Waals surface area contributed by atoms with Crippen molar-refractivity contribution < 1.29 is 23.8 Å². The fourth-order valence-corrected chi connectivity index (χ4v) is 10.8. The molecule has 2 aromatic carbocycles. The van der Waals surface area contributed by atoms with E-state index in [4.69, 9.17) is 38.8 Å². The summed E-state index contributed by atoms with van der Waals surface area (Å²) < 4.78 is 22.3. The summed E-state index contributed by atoms with van der Waals surface area (Å²) in [6.45, 7) is 14.2. The molecular formula is C51H66Cl2FN9O4S. The maximum Gasteiger partial charge on any atom is 0.243 e. The molecule has 0 unspecified atom stereocenters. The van der Waals surface area contributed by atoms with Crippen LogP contribution in [0.15, 0.2) is 66.6 Å². The van der Waals surface area contributed by atoms with Gasteiger partial charge in [-0.1, -0.05) is 93.9 Å². The fraction of sp³-hybridized carbons (Fsp3) is 0.510. The number of unbranched alkanes of at least 4 members (excludes halogenated alkanes) is 5. The third-order valence-electron chi connectivity index (χ3n) is 13.2. The van der Waals surface area contributed by atoms with E-state index in [9.17, 15) is 19.1 Å². The Kier molecular flexibility index (Phi) is 17.6. The number of nitrogen functional groups attached to an aromatic ring is 1. The predicted octanol–water partition coefficient (Wildman–Crippen LogP) is 9.81. The van der Waals surface area contributed by atoms with Gasteiger partial charge in [-0.05, 0) is 87.4 Å². The number of nitrogens with two attached hydrogens (primary N) is 1. The van der Waals surface area contributed by atoms with Crippen LogP contribution in [0.4, 0.5) is 10.2 Å². The molecule has 3 aromatic heterocycles. The van der Waals surface area contributed by atoms with Gasteiger partial charge in [0.15, 0.2) is 11.6 Å². The Balaban J connectivity index is 0.782. The van der Waals surface area contributed by atoms with Gasteiger partial charge >= 0.3 is 0 Å². The van der Waals surface area contributed by atoms with E-state index in [0.717, 1.165) is 91.0 Å². The molecule has 4 atom stereocenters. The number of likely N-dealkylation sites (tertiary alicyclic amines) is 2. The van der Waals surface area contributed by atoms with Crippen molar-refractivity contribution in [2.45, 2.75) is 129 Å². The van der Waals surface area contributed by atoms with Gasteiger partial charge in [0.25, 0.3) is 0 Å². The summed E-state index contributed by atoms with van der Waals surface area (Å²) in [7, 11) is 0. The number of carbonyl (C=O) groups excluding carboxylic acids is 2. The Morgan fingerprint density at radius 2 is 1.71 bits per heavy atom. The summed E-state index contributed by atoms with van der Waals surface area (Å²) in [5, 5.41) is 22.1. The van der Waals surface area contributed by atoms with Gasteiger partial charge in [-0.25, -0.2) is 14.4 Å². The highest BCUT2D eigenvalue weighted by atomic mass is 35.5. The highest BCUT2D eigenvalue weighted by molar-refractivity contribution is 7.13. The van der Waals surface area contributed by atoms with Crippen molar-refractivity contribution in [2.24, 2.45) is 5.41 Å². The minimum Gasteiger partial charge on any atom is -0.482 e. The van der Waals surface area contributed by atoms with Gasteiger partial charge in [-0.15, -0.1) is 11.3 Å². The number of ether oxygens (including phenoxy) is 1. The van der Waals surface area contributed by atoms with Crippen molar-refractivity contribution in [1.82, 2.24) is 40.2 Å². The van der Waals surface area contributed by atoms with Crippen LogP contribution in [0.1, 0.15) is 114 Å². The quantitative estimate of drug-likeness (QED) is 0.0436. The number of nitrogens with one attached hydrogen (secondary N) is 2. The second-order valence-corrected chi connectivity index (χ2v) is 21.0. The van der Waals surface area contributed by atoms with E-state index in [1.807, 2.05) is 80.6 Å². The molecule has 17 heteroatoms. The number of pyridine rings is 1. The highest BCUT2D eigenvalue weighted by Gasteiger charge is 2.43. The normalized spacial score (nSPS) is 17.9.